The molecule has 0 bridgehead atoms. The average Bonchev–Trinajstić information content (AvgIpc) is 3.00. The minimum atomic E-state index is -2.00. The van der Waals surface area contributed by atoms with Gasteiger partial charge in [-0.05, 0) is 17.7 Å². The number of anilines is 1. The molecule has 1 aliphatic rings. The van der Waals surface area contributed by atoms with E-state index in [-0.39, 0.29) is 48.9 Å². The Kier molecular flexibility index (Phi) is 14.5. The van der Waals surface area contributed by atoms with Crippen molar-refractivity contribution in [1.82, 2.24) is 10.5 Å². The minimum absolute atomic E-state index is 0.0917. The second kappa shape index (κ2) is 18.0. The second-order valence-corrected chi connectivity index (χ2v) is 9.41. The fourth-order valence-electron chi connectivity index (χ4n) is 3.71. The Morgan fingerprint density at radius 2 is 1.63 bits per heavy atom. The van der Waals surface area contributed by atoms with Crippen molar-refractivity contribution in [2.75, 3.05) is 5.32 Å². The maximum Gasteiger partial charge on any atom is 0.364 e. The third kappa shape index (κ3) is 10.8. The highest BCUT2D eigenvalue weighted by Crippen LogP contribution is 2.33. The lowest BCUT2D eigenvalue weighted by atomic mass is 9.80. The van der Waals surface area contributed by atoms with Crippen molar-refractivity contribution in [2.45, 2.75) is 57.1 Å². The van der Waals surface area contributed by atoms with Gasteiger partial charge in [0.2, 0.25) is 37.9 Å². The minimum Gasteiger partial charge on any atom is -0.479 e. The molecule has 1 heterocycles. The van der Waals surface area contributed by atoms with E-state index in [1.54, 1.807) is 13.8 Å². The summed E-state index contributed by atoms with van der Waals surface area (Å²) in [7, 11) is 6.70. The Morgan fingerprint density at radius 1 is 1.00 bits per heavy atom. The number of amides is 3. The number of benzene rings is 1. The largest absolute Gasteiger partial charge is 0.479 e. The number of hydrogen-bond donors (Lipinski definition) is 5. The number of carbonyl (C=O) groups is 8. The number of carboxylic acid groups (broad SMARTS) is 1. The summed E-state index contributed by atoms with van der Waals surface area (Å²) in [5, 5.41) is 16.5. The van der Waals surface area contributed by atoms with Gasteiger partial charge in [-0.1, -0.05) is 19.9 Å². The second-order valence-electron chi connectivity index (χ2n) is 9.41. The summed E-state index contributed by atoms with van der Waals surface area (Å²) < 4.78 is 30.4. The van der Waals surface area contributed by atoms with Crippen LogP contribution in [0.2, 0.25) is 0 Å². The van der Waals surface area contributed by atoms with Gasteiger partial charge in [-0.3, -0.25) is 33.6 Å². The number of nitrogens with two attached hydrogens (primary N) is 1. The van der Waals surface area contributed by atoms with Crippen LogP contribution >= 0.6 is 0 Å². The zero-order valence-corrected chi connectivity index (χ0v) is 24.2. The number of rotatable bonds is 18. The molecule has 0 aromatic heterocycles. The third-order valence-corrected chi connectivity index (χ3v) is 5.88. The van der Waals surface area contributed by atoms with Crippen molar-refractivity contribution in [3.8, 4) is 5.75 Å². The van der Waals surface area contributed by atoms with E-state index >= 15 is 0 Å². The molecule has 2 rings (SSSR count). The van der Waals surface area contributed by atoms with Crippen molar-refractivity contribution >= 4 is 77.2 Å². The molecule has 242 valence electrons. The Hall–Kier alpha value is -5.11. The van der Waals surface area contributed by atoms with Gasteiger partial charge in [0.05, 0.1) is 11.6 Å². The first-order valence-electron chi connectivity index (χ1n) is 13.0. The predicted octanol–water partition coefficient (Wildman–Crippen LogP) is -2.75. The fraction of sp³-hybridized carbons (Fsp3) is 0.417. The quantitative estimate of drug-likeness (QED) is 0.0615. The van der Waals surface area contributed by atoms with Crippen molar-refractivity contribution in [3.63, 3.8) is 0 Å². The van der Waals surface area contributed by atoms with Gasteiger partial charge in [0.25, 0.3) is 26.8 Å². The van der Waals surface area contributed by atoms with E-state index in [1.165, 1.54) is 18.2 Å². The number of hydrogen-bond acceptors (Lipinski definition) is 15. The summed E-state index contributed by atoms with van der Waals surface area (Å²) in [6.07, 6.45) is -9.08. The normalized spacial score (nSPS) is 20.8. The van der Waals surface area contributed by atoms with Gasteiger partial charge >= 0.3 is 13.4 Å². The number of carbonyl (C=O) groups excluding carboxylic acids is 7. The molecule has 1 saturated heterocycles. The molecule has 1 aromatic rings. The lowest BCUT2D eigenvalue weighted by molar-refractivity contribution is -0.276. The Balaban J connectivity index is 2.32. The van der Waals surface area contributed by atoms with Gasteiger partial charge < -0.3 is 55.0 Å². The van der Waals surface area contributed by atoms with E-state index in [9.17, 15) is 43.5 Å². The lowest BCUT2D eigenvalue weighted by Crippen LogP contribution is -2.63. The van der Waals surface area contributed by atoms with Gasteiger partial charge in [-0.2, -0.15) is 0 Å². The van der Waals surface area contributed by atoms with Crippen LogP contribution in [-0.4, -0.2) is 113 Å². The maximum atomic E-state index is 12.7. The SMILES string of the molecule is [B]C(=O)OCc1ccc(O[C@@H]2O[C@H](C(=O)O)[C@@H](OC=O)[C@H](OC=O)[C@H]2OC=O)c(NC(=O)[B]NC(=O)C(N)[B]NC(=O)C(C)C)c1. The molecule has 0 aliphatic carbocycles. The van der Waals surface area contributed by atoms with Crippen LogP contribution in [-0.2, 0) is 59.1 Å². The van der Waals surface area contributed by atoms with E-state index in [1.807, 2.05) is 0 Å². The van der Waals surface area contributed by atoms with E-state index in [2.05, 4.69) is 15.8 Å². The van der Waals surface area contributed by atoms with Crippen LogP contribution < -0.4 is 26.2 Å². The molecule has 6 atom stereocenters. The monoisotopic (exact) mass is 644 g/mol. The predicted molar refractivity (Wildman–Crippen MR) is 152 cm³/mol. The topological polar surface area (TPSA) is 274 Å². The molecule has 1 aromatic carbocycles. The van der Waals surface area contributed by atoms with Crippen LogP contribution in [0, 0.1) is 5.92 Å². The molecule has 46 heavy (non-hydrogen) atoms. The Bertz CT molecular complexity index is 1300. The highest BCUT2D eigenvalue weighted by atomic mass is 16.7. The first-order valence-corrected chi connectivity index (χ1v) is 13.0. The van der Waals surface area contributed by atoms with Crippen LogP contribution in [0.1, 0.15) is 19.4 Å². The number of ether oxygens (including phenoxy) is 6. The van der Waals surface area contributed by atoms with Crippen LogP contribution in [0.25, 0.3) is 0 Å². The third-order valence-electron chi connectivity index (χ3n) is 5.88. The molecular weight excluding hydrogens is 617 g/mol. The van der Waals surface area contributed by atoms with Crippen molar-refractivity contribution in [2.24, 2.45) is 11.7 Å². The Morgan fingerprint density at radius 3 is 2.22 bits per heavy atom. The van der Waals surface area contributed by atoms with Gasteiger partial charge in [0.1, 0.15) is 12.4 Å². The molecule has 0 saturated carbocycles. The van der Waals surface area contributed by atoms with Crippen molar-refractivity contribution < 1.29 is 71.9 Å². The van der Waals surface area contributed by atoms with Gasteiger partial charge in [-0.25, -0.2) is 4.79 Å². The zero-order chi connectivity index (χ0) is 34.4. The summed E-state index contributed by atoms with van der Waals surface area (Å²) >= 11 is 0. The maximum absolute atomic E-state index is 12.7. The summed E-state index contributed by atoms with van der Waals surface area (Å²) in [4.78, 5) is 93.1. The first kappa shape index (κ1) is 37.1. The van der Waals surface area contributed by atoms with Crippen LogP contribution in [0.3, 0.4) is 0 Å². The van der Waals surface area contributed by atoms with E-state index in [4.69, 9.17) is 42.0 Å². The molecule has 0 spiro atoms. The van der Waals surface area contributed by atoms with Gasteiger partial charge in [0, 0.05) is 5.92 Å². The first-order chi connectivity index (χ1) is 21.8. The summed E-state index contributed by atoms with van der Waals surface area (Å²) in [5.74, 6) is -7.03. The molecular formula is C24H27B3N4O15. The van der Waals surface area contributed by atoms with E-state index in [0.29, 0.717) is 7.41 Å². The molecule has 4 radical (unpaired) electrons. The van der Waals surface area contributed by atoms with Crippen LogP contribution in [0.15, 0.2) is 18.2 Å². The van der Waals surface area contributed by atoms with Crippen LogP contribution in [0.4, 0.5) is 15.3 Å². The highest BCUT2D eigenvalue weighted by Gasteiger charge is 2.54. The molecule has 22 heteroatoms. The highest BCUT2D eigenvalue weighted by molar-refractivity contribution is 6.75. The molecule has 6 N–H and O–H groups in total. The summed E-state index contributed by atoms with van der Waals surface area (Å²) in [6, 6.07) is 3.78. The summed E-state index contributed by atoms with van der Waals surface area (Å²) in [5.41, 5.74) is 5.74. The van der Waals surface area contributed by atoms with Gasteiger partial charge in [-0.15, -0.1) is 0 Å². The molecule has 1 fully saturated rings. The fourth-order valence-corrected chi connectivity index (χ4v) is 3.71. The molecule has 1 unspecified atom stereocenters. The smallest absolute Gasteiger partial charge is 0.364 e. The number of carboxylic acids is 1. The molecule has 3 amide bonds. The van der Waals surface area contributed by atoms with Gasteiger partial charge in [0.15, 0.2) is 24.1 Å². The standard InChI is InChI=1S/C24H27B3N4O15/c1-10(2)19(35)30-26-18(28)20(36)31-27-24(40)29-12-5-11(6-41-23(25)39)3-4-13(12)45-22-17(44-9-34)15(43-8-33)14(42-7-32)16(46-22)21(37)38/h3-5,7-10,14-18,22H,6,28H2,1-2H3,(H,29,40)(H,30,35)(H,31,36)(H,37,38)/t14-,15-,16-,17+,18?,22+/m0/s1. The van der Waals surface area contributed by atoms with Crippen molar-refractivity contribution in [3.05, 3.63) is 23.8 Å². The van der Waals surface area contributed by atoms with E-state index in [0.717, 1.165) is 7.41 Å². The lowest BCUT2D eigenvalue weighted by Gasteiger charge is -2.41. The summed E-state index contributed by atoms with van der Waals surface area (Å²) in [6.45, 7) is 2.54. The Labute approximate surface area is 263 Å². The number of aliphatic carboxylic acids is 1. The van der Waals surface area contributed by atoms with Crippen LogP contribution in [0.5, 0.6) is 5.75 Å². The molecule has 1 aliphatic heterocycles. The van der Waals surface area contributed by atoms with Crippen molar-refractivity contribution in [1.29, 1.82) is 0 Å². The zero-order valence-electron chi connectivity index (χ0n) is 24.2. The molecule has 19 nitrogen and oxygen atoms in total. The average molecular weight is 644 g/mol. The number of nitrogens with one attached hydrogen (secondary N) is 3. The van der Waals surface area contributed by atoms with E-state index < -0.39 is 66.1 Å².